The Morgan fingerprint density at radius 3 is 2.81 bits per heavy atom. The van der Waals surface area contributed by atoms with Crippen molar-refractivity contribution in [1.29, 1.82) is 0 Å². The summed E-state index contributed by atoms with van der Waals surface area (Å²) in [5.74, 6) is 0. The van der Waals surface area contributed by atoms with E-state index in [2.05, 4.69) is 10.3 Å². The quantitative estimate of drug-likeness (QED) is 0.905. The first-order valence-corrected chi connectivity index (χ1v) is 7.70. The average molecular weight is 325 g/mol. The van der Waals surface area contributed by atoms with Gasteiger partial charge in [-0.15, -0.1) is 11.3 Å². The average Bonchev–Trinajstić information content (AvgIpc) is 2.83. The Morgan fingerprint density at radius 1 is 1.38 bits per heavy atom. The van der Waals surface area contributed by atoms with Crippen molar-refractivity contribution in [2.75, 3.05) is 0 Å². The number of amides is 1. The molecule has 0 aliphatic rings. The number of carbonyl (C=O) groups is 1. The van der Waals surface area contributed by atoms with E-state index in [0.717, 1.165) is 15.3 Å². The molecular weight excluding hydrogens is 308 g/mol. The number of pyridine rings is 1. The number of carbonyl (C=O) groups excluding carboxylic acids is 1. The van der Waals surface area contributed by atoms with E-state index in [1.54, 1.807) is 29.8 Å². The van der Waals surface area contributed by atoms with E-state index < -0.39 is 11.7 Å². The molecule has 2 rings (SSSR count). The van der Waals surface area contributed by atoms with Crippen LogP contribution in [0.2, 0.25) is 5.02 Å². The third kappa shape index (κ3) is 4.72. The topological polar surface area (TPSA) is 51.2 Å². The van der Waals surface area contributed by atoms with Crippen LogP contribution >= 0.6 is 22.9 Å². The molecule has 0 saturated carbocycles. The number of nitrogens with one attached hydrogen (secondary N) is 1. The molecule has 0 unspecified atom stereocenters. The maximum absolute atomic E-state index is 11.6. The van der Waals surface area contributed by atoms with Crippen LogP contribution in [0.3, 0.4) is 0 Å². The fourth-order valence-corrected chi connectivity index (χ4v) is 2.88. The molecule has 21 heavy (non-hydrogen) atoms. The van der Waals surface area contributed by atoms with Crippen LogP contribution in [0.5, 0.6) is 0 Å². The van der Waals surface area contributed by atoms with Gasteiger partial charge in [-0.05, 0) is 39.0 Å². The van der Waals surface area contributed by atoms with Crippen molar-refractivity contribution in [2.24, 2.45) is 0 Å². The molecule has 0 saturated heterocycles. The third-order valence-electron chi connectivity index (χ3n) is 2.50. The maximum atomic E-state index is 11.6. The van der Waals surface area contributed by atoms with Gasteiger partial charge in [0.15, 0.2) is 0 Å². The molecule has 1 amide bonds. The van der Waals surface area contributed by atoms with E-state index in [4.69, 9.17) is 16.3 Å². The molecule has 0 aliphatic heterocycles. The van der Waals surface area contributed by atoms with E-state index >= 15 is 0 Å². The largest absolute Gasteiger partial charge is 0.444 e. The monoisotopic (exact) mass is 324 g/mol. The summed E-state index contributed by atoms with van der Waals surface area (Å²) in [7, 11) is 0. The number of alkyl carbamates (subject to hydrolysis) is 1. The molecule has 6 heteroatoms. The number of ether oxygens (including phenoxy) is 1. The van der Waals surface area contributed by atoms with Gasteiger partial charge in [0.25, 0.3) is 0 Å². The van der Waals surface area contributed by atoms with Crippen LogP contribution in [0.1, 0.15) is 25.6 Å². The lowest BCUT2D eigenvalue weighted by Gasteiger charge is -2.19. The summed E-state index contributed by atoms with van der Waals surface area (Å²) in [6.45, 7) is 5.93. The summed E-state index contributed by atoms with van der Waals surface area (Å²) >= 11 is 7.71. The number of nitrogens with zero attached hydrogens (tertiary/aromatic N) is 1. The molecule has 0 spiro atoms. The predicted molar refractivity (Wildman–Crippen MR) is 85.6 cm³/mol. The molecule has 0 fully saturated rings. The van der Waals surface area contributed by atoms with E-state index in [-0.39, 0.29) is 0 Å². The molecule has 2 heterocycles. The molecule has 2 aromatic rings. The minimum absolute atomic E-state index is 0.420. The van der Waals surface area contributed by atoms with Gasteiger partial charge < -0.3 is 10.1 Å². The van der Waals surface area contributed by atoms with Crippen molar-refractivity contribution < 1.29 is 9.53 Å². The summed E-state index contributed by atoms with van der Waals surface area (Å²) in [4.78, 5) is 17.7. The number of rotatable bonds is 3. The SMILES string of the molecule is CC(C)(C)OC(=O)NCc1ccc(-c2cnccc2Cl)s1. The van der Waals surface area contributed by atoms with Gasteiger partial charge in [-0.2, -0.15) is 0 Å². The van der Waals surface area contributed by atoms with Crippen LogP contribution in [0.15, 0.2) is 30.6 Å². The molecular formula is C15H17ClN2O2S. The van der Waals surface area contributed by atoms with Gasteiger partial charge in [0.05, 0.1) is 11.6 Å². The second kappa shape index (κ2) is 6.45. The lowest BCUT2D eigenvalue weighted by Crippen LogP contribution is -2.31. The lowest BCUT2D eigenvalue weighted by atomic mass is 10.2. The van der Waals surface area contributed by atoms with Gasteiger partial charge in [-0.3, -0.25) is 4.98 Å². The highest BCUT2D eigenvalue weighted by Gasteiger charge is 2.16. The van der Waals surface area contributed by atoms with E-state index in [1.165, 1.54) is 0 Å². The second-order valence-corrected chi connectivity index (χ2v) is 7.05. The van der Waals surface area contributed by atoms with Crippen molar-refractivity contribution >= 4 is 29.0 Å². The van der Waals surface area contributed by atoms with Crippen molar-refractivity contribution in [3.63, 3.8) is 0 Å². The molecule has 0 aliphatic carbocycles. The summed E-state index contributed by atoms with van der Waals surface area (Å²) in [5.41, 5.74) is 0.404. The van der Waals surface area contributed by atoms with Crippen LogP contribution in [0.25, 0.3) is 10.4 Å². The molecule has 0 atom stereocenters. The smallest absolute Gasteiger partial charge is 0.407 e. The van der Waals surface area contributed by atoms with Crippen LogP contribution in [-0.2, 0) is 11.3 Å². The number of aromatic nitrogens is 1. The summed E-state index contributed by atoms with van der Waals surface area (Å²) in [6, 6.07) is 5.69. The zero-order valence-electron chi connectivity index (χ0n) is 12.1. The Balaban J connectivity index is 1.98. The van der Waals surface area contributed by atoms with Crippen molar-refractivity contribution in [1.82, 2.24) is 10.3 Å². The van der Waals surface area contributed by atoms with Crippen LogP contribution in [0, 0.1) is 0 Å². The number of halogens is 1. The molecule has 1 N–H and O–H groups in total. The number of thiophene rings is 1. The first-order valence-electron chi connectivity index (χ1n) is 6.50. The first-order chi connectivity index (χ1) is 9.85. The standard InChI is InChI=1S/C15H17ClN2O2S/c1-15(2,3)20-14(19)18-8-10-4-5-13(21-10)11-9-17-7-6-12(11)16/h4-7,9H,8H2,1-3H3,(H,18,19). The second-order valence-electron chi connectivity index (χ2n) is 5.48. The Labute approximate surface area is 133 Å². The van der Waals surface area contributed by atoms with Crippen LogP contribution < -0.4 is 5.32 Å². The van der Waals surface area contributed by atoms with Crippen LogP contribution in [-0.4, -0.2) is 16.7 Å². The van der Waals surface area contributed by atoms with E-state index in [9.17, 15) is 4.79 Å². The fraction of sp³-hybridized carbons (Fsp3) is 0.333. The third-order valence-corrected chi connectivity index (χ3v) is 3.95. The minimum Gasteiger partial charge on any atom is -0.444 e. The molecule has 112 valence electrons. The van der Waals surface area contributed by atoms with E-state index in [1.807, 2.05) is 32.9 Å². The van der Waals surface area contributed by atoms with Gasteiger partial charge >= 0.3 is 6.09 Å². The summed E-state index contributed by atoms with van der Waals surface area (Å²) in [6.07, 6.45) is 2.97. The maximum Gasteiger partial charge on any atom is 0.407 e. The van der Waals surface area contributed by atoms with Gasteiger partial charge in [-0.1, -0.05) is 11.6 Å². The van der Waals surface area contributed by atoms with Crippen LogP contribution in [0.4, 0.5) is 4.79 Å². The Bertz CT molecular complexity index is 635. The van der Waals surface area contributed by atoms with Gasteiger partial charge in [0.1, 0.15) is 5.60 Å². The Hall–Kier alpha value is -1.59. The zero-order chi connectivity index (χ0) is 15.5. The number of hydrogen-bond acceptors (Lipinski definition) is 4. The molecule has 0 bridgehead atoms. The zero-order valence-corrected chi connectivity index (χ0v) is 13.7. The molecule has 0 aromatic carbocycles. The molecule has 4 nitrogen and oxygen atoms in total. The first kappa shape index (κ1) is 15.8. The normalized spacial score (nSPS) is 11.2. The molecule has 0 radical (unpaired) electrons. The highest BCUT2D eigenvalue weighted by Crippen LogP contribution is 2.32. The number of hydrogen-bond donors (Lipinski definition) is 1. The highest BCUT2D eigenvalue weighted by molar-refractivity contribution is 7.15. The van der Waals surface area contributed by atoms with Gasteiger partial charge in [-0.25, -0.2) is 4.79 Å². The summed E-state index contributed by atoms with van der Waals surface area (Å²) in [5, 5.41) is 3.40. The van der Waals surface area contributed by atoms with Gasteiger partial charge in [0, 0.05) is 27.7 Å². The molecule has 2 aromatic heterocycles. The predicted octanol–water partition coefficient (Wildman–Crippen LogP) is 4.49. The van der Waals surface area contributed by atoms with Crippen molar-refractivity contribution in [3.05, 3.63) is 40.5 Å². The summed E-state index contributed by atoms with van der Waals surface area (Å²) < 4.78 is 5.19. The van der Waals surface area contributed by atoms with Gasteiger partial charge in [0.2, 0.25) is 0 Å². The Morgan fingerprint density at radius 2 is 2.14 bits per heavy atom. The lowest BCUT2D eigenvalue weighted by molar-refractivity contribution is 0.0524. The van der Waals surface area contributed by atoms with Crippen molar-refractivity contribution in [2.45, 2.75) is 32.9 Å². The van der Waals surface area contributed by atoms with Crippen molar-refractivity contribution in [3.8, 4) is 10.4 Å². The Kier molecular flexibility index (Phi) is 4.85. The van der Waals surface area contributed by atoms with E-state index in [0.29, 0.717) is 11.6 Å². The minimum atomic E-state index is -0.492. The fourth-order valence-electron chi connectivity index (χ4n) is 1.65. The highest BCUT2D eigenvalue weighted by atomic mass is 35.5.